The van der Waals surface area contributed by atoms with Crippen molar-refractivity contribution in [2.45, 2.75) is 11.4 Å². The normalized spacial score (nSPS) is 11.9. The van der Waals surface area contributed by atoms with Crippen molar-refractivity contribution < 1.29 is 8.42 Å². The molecule has 0 aliphatic heterocycles. The van der Waals surface area contributed by atoms with Gasteiger partial charge >= 0.3 is 0 Å². The van der Waals surface area contributed by atoms with Crippen LogP contribution >= 0.6 is 11.6 Å². The monoisotopic (exact) mass is 300 g/mol. The average Bonchev–Trinajstić information content (AvgIpc) is 2.85. The first-order valence-corrected chi connectivity index (χ1v) is 7.22. The topological polar surface area (TPSA) is 92.1 Å². The molecule has 0 aliphatic carbocycles. The van der Waals surface area contributed by atoms with Gasteiger partial charge in [-0.2, -0.15) is 9.40 Å². The molecular weight excluding hydrogens is 288 g/mol. The van der Waals surface area contributed by atoms with Crippen molar-refractivity contribution in [3.05, 3.63) is 41.2 Å². The van der Waals surface area contributed by atoms with Gasteiger partial charge in [0.25, 0.3) is 0 Å². The van der Waals surface area contributed by atoms with Crippen LogP contribution in [0.15, 0.2) is 35.5 Å². The summed E-state index contributed by atoms with van der Waals surface area (Å²) in [7, 11) is -2.11. The van der Waals surface area contributed by atoms with Crippen LogP contribution in [0.3, 0.4) is 0 Å². The third-order valence-corrected chi connectivity index (χ3v) is 4.77. The van der Waals surface area contributed by atoms with E-state index in [0.29, 0.717) is 5.69 Å². The van der Waals surface area contributed by atoms with E-state index >= 15 is 0 Å². The smallest absolute Gasteiger partial charge is 0.243 e. The maximum Gasteiger partial charge on any atom is 0.243 e. The van der Waals surface area contributed by atoms with Crippen LogP contribution in [-0.4, -0.2) is 30.0 Å². The van der Waals surface area contributed by atoms with E-state index < -0.39 is 10.0 Å². The van der Waals surface area contributed by atoms with Crippen LogP contribution in [0, 0.1) is 0 Å². The number of hydrogen-bond acceptors (Lipinski definition) is 4. The molecule has 0 bridgehead atoms. The van der Waals surface area contributed by atoms with Gasteiger partial charge in [-0.05, 0) is 18.2 Å². The zero-order valence-electron chi connectivity index (χ0n) is 10.2. The fraction of sp³-hybridized carbons (Fsp3) is 0.182. The van der Waals surface area contributed by atoms with Crippen molar-refractivity contribution in [3.8, 4) is 0 Å². The third-order valence-electron chi connectivity index (χ3n) is 2.64. The first-order chi connectivity index (χ1) is 8.91. The van der Waals surface area contributed by atoms with Gasteiger partial charge in [-0.25, -0.2) is 8.42 Å². The molecule has 0 fully saturated rings. The number of sulfonamides is 1. The van der Waals surface area contributed by atoms with Gasteiger partial charge in [0.2, 0.25) is 10.0 Å². The molecule has 0 aliphatic rings. The molecule has 0 saturated carbocycles. The van der Waals surface area contributed by atoms with E-state index in [1.54, 1.807) is 12.4 Å². The van der Waals surface area contributed by atoms with E-state index in [4.69, 9.17) is 17.3 Å². The molecule has 19 heavy (non-hydrogen) atoms. The molecule has 0 atom stereocenters. The summed E-state index contributed by atoms with van der Waals surface area (Å²) in [4.78, 5) is 0.109. The molecule has 3 N–H and O–H groups in total. The number of aromatic amines is 1. The fourth-order valence-corrected chi connectivity index (χ4v) is 2.99. The molecule has 0 saturated heterocycles. The van der Waals surface area contributed by atoms with E-state index in [0.717, 1.165) is 5.56 Å². The molecule has 0 amide bonds. The fourth-order valence-electron chi connectivity index (χ4n) is 1.55. The zero-order chi connectivity index (χ0) is 14.0. The summed E-state index contributed by atoms with van der Waals surface area (Å²) in [5.41, 5.74) is 6.68. The van der Waals surface area contributed by atoms with Crippen molar-refractivity contribution in [1.29, 1.82) is 0 Å². The maximum atomic E-state index is 12.3. The van der Waals surface area contributed by atoms with Crippen LogP contribution in [0.4, 0.5) is 5.69 Å². The molecule has 6 nitrogen and oxygen atoms in total. The first-order valence-electron chi connectivity index (χ1n) is 5.40. The molecule has 0 unspecified atom stereocenters. The Hall–Kier alpha value is -1.57. The van der Waals surface area contributed by atoms with Crippen LogP contribution < -0.4 is 5.73 Å². The highest BCUT2D eigenvalue weighted by Gasteiger charge is 2.21. The summed E-state index contributed by atoms with van der Waals surface area (Å²) in [5.74, 6) is 0. The maximum absolute atomic E-state index is 12.3. The molecule has 8 heteroatoms. The minimum absolute atomic E-state index is 0.109. The van der Waals surface area contributed by atoms with Gasteiger partial charge in [-0.15, -0.1) is 0 Å². The van der Waals surface area contributed by atoms with Crippen molar-refractivity contribution >= 4 is 27.3 Å². The van der Waals surface area contributed by atoms with Gasteiger partial charge in [-0.3, -0.25) is 5.10 Å². The summed E-state index contributed by atoms with van der Waals surface area (Å²) >= 11 is 5.84. The largest absolute Gasteiger partial charge is 0.398 e. The van der Waals surface area contributed by atoms with E-state index in [-0.39, 0.29) is 16.5 Å². The molecule has 1 aromatic carbocycles. The number of nitrogen functional groups attached to an aromatic ring is 1. The molecule has 1 aromatic heterocycles. The summed E-state index contributed by atoms with van der Waals surface area (Å²) in [6, 6.07) is 4.25. The number of benzene rings is 1. The van der Waals surface area contributed by atoms with Gasteiger partial charge in [-0.1, -0.05) is 11.6 Å². The molecule has 2 aromatic rings. The van der Waals surface area contributed by atoms with Crippen LogP contribution in [0.5, 0.6) is 0 Å². The molecule has 2 rings (SSSR count). The lowest BCUT2D eigenvalue weighted by Crippen LogP contribution is -2.26. The van der Waals surface area contributed by atoms with Crippen molar-refractivity contribution in [1.82, 2.24) is 14.5 Å². The number of halogens is 1. The molecule has 0 radical (unpaired) electrons. The Morgan fingerprint density at radius 1 is 1.47 bits per heavy atom. The quantitative estimate of drug-likeness (QED) is 0.836. The summed E-state index contributed by atoms with van der Waals surface area (Å²) in [6.45, 7) is 0.223. The Morgan fingerprint density at radius 3 is 2.79 bits per heavy atom. The van der Waals surface area contributed by atoms with E-state index in [9.17, 15) is 8.42 Å². The van der Waals surface area contributed by atoms with Crippen LogP contribution in [0.25, 0.3) is 0 Å². The Morgan fingerprint density at radius 2 is 2.21 bits per heavy atom. The minimum atomic E-state index is -3.60. The van der Waals surface area contributed by atoms with Crippen molar-refractivity contribution in [2.75, 3.05) is 12.8 Å². The number of aromatic nitrogens is 2. The Bertz CT molecular complexity index is 670. The van der Waals surface area contributed by atoms with E-state index in [1.807, 2.05) is 0 Å². The predicted octanol–water partition coefficient (Wildman–Crippen LogP) is 1.47. The second-order valence-corrected chi connectivity index (χ2v) is 6.50. The lowest BCUT2D eigenvalue weighted by Gasteiger charge is -2.16. The SMILES string of the molecule is CN(Cc1cn[nH]c1)S(=O)(=O)c1ccc(N)c(Cl)c1. The highest BCUT2D eigenvalue weighted by Crippen LogP contribution is 2.24. The molecule has 0 spiro atoms. The van der Waals surface area contributed by atoms with Gasteiger partial charge in [0.15, 0.2) is 0 Å². The summed E-state index contributed by atoms with van der Waals surface area (Å²) in [6.07, 6.45) is 3.21. The van der Waals surface area contributed by atoms with Crippen LogP contribution in [-0.2, 0) is 16.6 Å². The number of nitrogens with one attached hydrogen (secondary N) is 1. The number of H-pyrrole nitrogens is 1. The van der Waals surface area contributed by atoms with Gasteiger partial charge < -0.3 is 5.73 Å². The first kappa shape index (κ1) is 13.9. The summed E-state index contributed by atoms with van der Waals surface area (Å²) in [5, 5.41) is 6.63. The van der Waals surface area contributed by atoms with Gasteiger partial charge in [0, 0.05) is 25.4 Å². The highest BCUT2D eigenvalue weighted by atomic mass is 35.5. The lowest BCUT2D eigenvalue weighted by molar-refractivity contribution is 0.467. The number of nitrogens with zero attached hydrogens (tertiary/aromatic N) is 2. The van der Waals surface area contributed by atoms with E-state index in [2.05, 4.69) is 10.2 Å². The van der Waals surface area contributed by atoms with Crippen molar-refractivity contribution in [2.24, 2.45) is 0 Å². The molecule has 102 valence electrons. The Labute approximate surface area is 116 Å². The number of nitrogens with two attached hydrogens (primary N) is 1. The zero-order valence-corrected chi connectivity index (χ0v) is 11.7. The highest BCUT2D eigenvalue weighted by molar-refractivity contribution is 7.89. The van der Waals surface area contributed by atoms with Gasteiger partial charge in [0.1, 0.15) is 0 Å². The Kier molecular flexibility index (Phi) is 3.79. The second kappa shape index (κ2) is 5.20. The standard InChI is InChI=1S/C11H13ClN4O2S/c1-16(7-8-5-14-15-6-8)19(17,18)9-2-3-11(13)10(12)4-9/h2-6H,7,13H2,1H3,(H,14,15). The predicted molar refractivity (Wildman–Crippen MR) is 73.1 cm³/mol. The average molecular weight is 301 g/mol. The van der Waals surface area contributed by atoms with Crippen molar-refractivity contribution in [3.63, 3.8) is 0 Å². The lowest BCUT2D eigenvalue weighted by atomic mass is 10.3. The Balaban J connectivity index is 2.28. The second-order valence-electron chi connectivity index (χ2n) is 4.05. The van der Waals surface area contributed by atoms with Crippen LogP contribution in [0.1, 0.15) is 5.56 Å². The van der Waals surface area contributed by atoms with Crippen LogP contribution in [0.2, 0.25) is 5.02 Å². The molecular formula is C11H13ClN4O2S. The third kappa shape index (κ3) is 2.89. The number of rotatable bonds is 4. The van der Waals surface area contributed by atoms with E-state index in [1.165, 1.54) is 29.6 Å². The number of anilines is 1. The minimum Gasteiger partial charge on any atom is -0.398 e. The summed E-state index contributed by atoms with van der Waals surface area (Å²) < 4.78 is 25.9. The number of hydrogen-bond donors (Lipinski definition) is 2. The van der Waals surface area contributed by atoms with Gasteiger partial charge in [0.05, 0.1) is 21.8 Å². The molecule has 1 heterocycles.